The molecule has 2 rings (SSSR count). The topological polar surface area (TPSA) is 30.7 Å². The molecule has 13 heavy (non-hydrogen) atoms. The van der Waals surface area contributed by atoms with Crippen LogP contribution in [0.5, 0.6) is 0 Å². The molecule has 3 nitrogen and oxygen atoms in total. The highest BCUT2D eigenvalue weighted by Gasteiger charge is 2.00. The van der Waals surface area contributed by atoms with Crippen molar-refractivity contribution in [2.24, 2.45) is 0 Å². The van der Waals surface area contributed by atoms with E-state index in [1.165, 1.54) is 11.1 Å². The first-order valence-corrected chi connectivity index (χ1v) is 4.21. The molecule has 0 amide bonds. The van der Waals surface area contributed by atoms with Gasteiger partial charge < -0.3 is 0 Å². The third-order valence-corrected chi connectivity index (χ3v) is 1.99. The zero-order valence-electron chi connectivity index (χ0n) is 7.73. The first kappa shape index (κ1) is 7.98. The van der Waals surface area contributed by atoms with Gasteiger partial charge in [-0.2, -0.15) is 15.0 Å². The fraction of sp³-hybridized carbons (Fsp3) is 0.200. The van der Waals surface area contributed by atoms with Crippen LogP contribution in [0.4, 0.5) is 0 Å². The summed E-state index contributed by atoms with van der Waals surface area (Å²) < 4.78 is 0. The summed E-state index contributed by atoms with van der Waals surface area (Å²) in [5, 5.41) is 8.17. The molecule has 2 aromatic rings. The summed E-state index contributed by atoms with van der Waals surface area (Å²) in [7, 11) is 0. The molecule has 0 atom stereocenters. The molecule has 0 aliphatic carbocycles. The minimum absolute atomic E-state index is 1.04. The van der Waals surface area contributed by atoms with Gasteiger partial charge in [-0.25, -0.2) is 0 Å². The molecule has 0 saturated heterocycles. The fourth-order valence-corrected chi connectivity index (χ4v) is 1.37. The number of rotatable bonds is 1. The minimum Gasteiger partial charge on any atom is -0.157 e. The Morgan fingerprint density at radius 2 is 1.77 bits per heavy atom. The molecule has 1 heterocycles. The van der Waals surface area contributed by atoms with Gasteiger partial charge in [-0.05, 0) is 25.5 Å². The normalized spacial score (nSPS) is 10.3. The number of hydrogen-bond donors (Lipinski definition) is 0. The molecular formula is C10H11N3. The predicted molar refractivity (Wildman–Crippen MR) is 50.8 cm³/mol. The van der Waals surface area contributed by atoms with Crippen molar-refractivity contribution in [3.63, 3.8) is 0 Å². The van der Waals surface area contributed by atoms with Crippen LogP contribution in [-0.2, 0) is 0 Å². The van der Waals surface area contributed by atoms with Crippen LogP contribution in [0.1, 0.15) is 11.1 Å². The Hall–Kier alpha value is -1.64. The summed E-state index contributed by atoms with van der Waals surface area (Å²) in [4.78, 5) is 1.63. The van der Waals surface area contributed by atoms with Crippen LogP contribution >= 0.6 is 0 Å². The molecule has 0 aliphatic heterocycles. The van der Waals surface area contributed by atoms with E-state index < -0.39 is 0 Å². The number of nitrogens with zero attached hydrogens (tertiary/aromatic N) is 3. The zero-order chi connectivity index (χ0) is 9.26. The van der Waals surface area contributed by atoms with Crippen LogP contribution in [0.3, 0.4) is 0 Å². The molecule has 0 spiro atoms. The molecular weight excluding hydrogens is 162 g/mol. The molecule has 0 radical (unpaired) electrons. The maximum Gasteiger partial charge on any atom is 0.0885 e. The van der Waals surface area contributed by atoms with Gasteiger partial charge in [0.25, 0.3) is 0 Å². The molecule has 66 valence electrons. The monoisotopic (exact) mass is 173 g/mol. The number of aryl methyl sites for hydroxylation is 2. The maximum absolute atomic E-state index is 4.08. The molecule has 0 unspecified atom stereocenters. The maximum atomic E-state index is 4.08. The lowest BCUT2D eigenvalue weighted by atomic mass is 10.1. The molecule has 0 bridgehead atoms. The molecule has 0 N–H and O–H groups in total. The summed E-state index contributed by atoms with van der Waals surface area (Å²) in [6.45, 7) is 4.14. The average molecular weight is 173 g/mol. The molecule has 0 aliphatic rings. The van der Waals surface area contributed by atoms with E-state index in [-0.39, 0.29) is 0 Å². The third kappa shape index (κ3) is 1.45. The molecule has 0 fully saturated rings. The standard InChI is InChI=1S/C10H11N3/c1-8-3-4-10(9(2)7-8)13-11-5-6-12-13/h3-7H,1-2H3. The van der Waals surface area contributed by atoms with Crippen LogP contribution in [0, 0.1) is 13.8 Å². The van der Waals surface area contributed by atoms with E-state index in [1.807, 2.05) is 6.07 Å². The SMILES string of the molecule is Cc1ccc(-n2nccn2)c(C)c1. The second kappa shape index (κ2) is 3.01. The van der Waals surface area contributed by atoms with Crippen molar-refractivity contribution in [1.29, 1.82) is 0 Å². The Labute approximate surface area is 77.0 Å². The van der Waals surface area contributed by atoms with E-state index in [1.54, 1.807) is 17.2 Å². The Kier molecular flexibility index (Phi) is 1.85. The van der Waals surface area contributed by atoms with Crippen LogP contribution < -0.4 is 0 Å². The molecule has 1 aromatic carbocycles. The third-order valence-electron chi connectivity index (χ3n) is 1.99. The first-order valence-electron chi connectivity index (χ1n) is 4.21. The number of hydrogen-bond acceptors (Lipinski definition) is 2. The van der Waals surface area contributed by atoms with Crippen molar-refractivity contribution in [1.82, 2.24) is 15.0 Å². The minimum atomic E-state index is 1.04. The van der Waals surface area contributed by atoms with E-state index in [4.69, 9.17) is 0 Å². The quantitative estimate of drug-likeness (QED) is 0.659. The van der Waals surface area contributed by atoms with Gasteiger partial charge in [0.15, 0.2) is 0 Å². The predicted octanol–water partition coefficient (Wildman–Crippen LogP) is 1.88. The molecule has 0 saturated carbocycles. The summed E-state index contributed by atoms with van der Waals surface area (Å²) >= 11 is 0. The Bertz CT molecular complexity index is 404. The van der Waals surface area contributed by atoms with Crippen molar-refractivity contribution in [3.8, 4) is 5.69 Å². The first-order chi connectivity index (χ1) is 6.27. The summed E-state index contributed by atoms with van der Waals surface area (Å²) in [6, 6.07) is 6.22. The van der Waals surface area contributed by atoms with Crippen molar-refractivity contribution in [2.45, 2.75) is 13.8 Å². The fourth-order valence-electron chi connectivity index (χ4n) is 1.37. The van der Waals surface area contributed by atoms with E-state index in [0.29, 0.717) is 0 Å². The largest absolute Gasteiger partial charge is 0.157 e. The van der Waals surface area contributed by atoms with Crippen LogP contribution in [0.2, 0.25) is 0 Å². The highest BCUT2D eigenvalue weighted by Crippen LogP contribution is 2.12. The van der Waals surface area contributed by atoms with Crippen molar-refractivity contribution in [2.75, 3.05) is 0 Å². The van der Waals surface area contributed by atoms with Crippen LogP contribution in [-0.4, -0.2) is 15.0 Å². The highest BCUT2D eigenvalue weighted by molar-refractivity contribution is 5.40. The second-order valence-corrected chi connectivity index (χ2v) is 3.11. The molecule has 1 aromatic heterocycles. The number of aromatic nitrogens is 3. The van der Waals surface area contributed by atoms with Crippen LogP contribution in [0.25, 0.3) is 5.69 Å². The van der Waals surface area contributed by atoms with Gasteiger partial charge in [0.05, 0.1) is 18.1 Å². The van der Waals surface area contributed by atoms with Gasteiger partial charge in [-0.3, -0.25) is 0 Å². The summed E-state index contributed by atoms with van der Waals surface area (Å²) in [5.41, 5.74) is 3.49. The van der Waals surface area contributed by atoms with Gasteiger partial charge >= 0.3 is 0 Å². The highest BCUT2D eigenvalue weighted by atomic mass is 15.5. The summed E-state index contributed by atoms with van der Waals surface area (Å²) in [5.74, 6) is 0. The van der Waals surface area contributed by atoms with Crippen molar-refractivity contribution in [3.05, 3.63) is 41.7 Å². The van der Waals surface area contributed by atoms with E-state index >= 15 is 0 Å². The van der Waals surface area contributed by atoms with Gasteiger partial charge in [0, 0.05) is 0 Å². The van der Waals surface area contributed by atoms with E-state index in [2.05, 4.69) is 36.2 Å². The molecule has 3 heteroatoms. The lowest BCUT2D eigenvalue weighted by Crippen LogP contribution is -2.00. The van der Waals surface area contributed by atoms with E-state index in [0.717, 1.165) is 5.69 Å². The van der Waals surface area contributed by atoms with Gasteiger partial charge in [-0.15, -0.1) is 0 Å². The Morgan fingerprint density at radius 1 is 1.08 bits per heavy atom. The van der Waals surface area contributed by atoms with E-state index in [9.17, 15) is 0 Å². The van der Waals surface area contributed by atoms with Crippen LogP contribution in [0.15, 0.2) is 30.6 Å². The average Bonchev–Trinajstić information content (AvgIpc) is 2.56. The lowest BCUT2D eigenvalue weighted by molar-refractivity contribution is 0.747. The smallest absolute Gasteiger partial charge is 0.0885 e. The van der Waals surface area contributed by atoms with Crippen molar-refractivity contribution < 1.29 is 0 Å². The summed E-state index contributed by atoms with van der Waals surface area (Å²) in [6.07, 6.45) is 3.36. The zero-order valence-corrected chi connectivity index (χ0v) is 7.73. The van der Waals surface area contributed by atoms with Gasteiger partial charge in [-0.1, -0.05) is 17.7 Å². The van der Waals surface area contributed by atoms with Crippen molar-refractivity contribution >= 4 is 0 Å². The van der Waals surface area contributed by atoms with Gasteiger partial charge in [0.2, 0.25) is 0 Å². The lowest BCUT2D eigenvalue weighted by Gasteiger charge is -2.04. The number of benzene rings is 1. The Morgan fingerprint density at radius 3 is 2.38 bits per heavy atom. The van der Waals surface area contributed by atoms with Gasteiger partial charge in [0.1, 0.15) is 0 Å². The Balaban J connectivity index is 2.53. The second-order valence-electron chi connectivity index (χ2n) is 3.11.